The third-order valence-corrected chi connectivity index (χ3v) is 0.246. The Morgan fingerprint density at radius 2 is 2.00 bits per heavy atom. The summed E-state index contributed by atoms with van der Waals surface area (Å²) in [7, 11) is 1.47. The summed E-state index contributed by atoms with van der Waals surface area (Å²) in [6.45, 7) is 5.25. The van der Waals surface area contributed by atoms with E-state index >= 15 is 0 Å². The molecular formula is C5H12N2O. The Morgan fingerprint density at radius 3 is 2.00 bits per heavy atom. The predicted octanol–water partition coefficient (Wildman–Crippen LogP) is 0.477. The first-order valence-electron chi connectivity index (χ1n) is 2.23. The van der Waals surface area contributed by atoms with Gasteiger partial charge in [-0.15, -0.1) is 6.58 Å². The molecule has 3 N–H and O–H groups in total. The van der Waals surface area contributed by atoms with Crippen molar-refractivity contribution < 1.29 is 4.79 Å². The highest BCUT2D eigenvalue weighted by Gasteiger charge is 1.72. The first kappa shape index (κ1) is 10.1. The van der Waals surface area contributed by atoms with Crippen molar-refractivity contribution >= 4 is 6.03 Å². The Hall–Kier alpha value is -0.990. The fraction of sp³-hybridized carbons (Fsp3) is 0.400. The zero-order valence-corrected chi connectivity index (χ0v) is 5.27. The van der Waals surface area contributed by atoms with Gasteiger partial charge in [-0.1, -0.05) is 6.08 Å². The molecule has 0 atom stereocenters. The van der Waals surface area contributed by atoms with Crippen LogP contribution in [-0.2, 0) is 0 Å². The van der Waals surface area contributed by atoms with E-state index in [0.717, 1.165) is 0 Å². The van der Waals surface area contributed by atoms with E-state index in [0.29, 0.717) is 0 Å². The first-order chi connectivity index (χ1) is 3.68. The Bertz CT molecular complexity index is 70.8. The summed E-state index contributed by atoms with van der Waals surface area (Å²) in [4.78, 5) is 9.48. The normalized spacial score (nSPS) is 5.75. The summed E-state index contributed by atoms with van der Waals surface area (Å²) in [6, 6.07) is -0.495. The van der Waals surface area contributed by atoms with Gasteiger partial charge < -0.3 is 11.1 Å². The Kier molecular flexibility index (Phi) is 11.8. The fourth-order valence-electron chi connectivity index (χ4n) is 0. The topological polar surface area (TPSA) is 55.1 Å². The molecule has 0 radical (unpaired) electrons. The second-order valence-corrected chi connectivity index (χ2v) is 1.02. The van der Waals surface area contributed by atoms with Crippen molar-refractivity contribution in [1.82, 2.24) is 5.32 Å². The molecule has 0 spiro atoms. The van der Waals surface area contributed by atoms with Crippen LogP contribution < -0.4 is 11.1 Å². The largest absolute Gasteiger partial charge is 0.352 e. The van der Waals surface area contributed by atoms with Crippen LogP contribution in [0.1, 0.15) is 6.92 Å². The van der Waals surface area contributed by atoms with Crippen LogP contribution in [0.3, 0.4) is 0 Å². The van der Waals surface area contributed by atoms with Gasteiger partial charge in [0.15, 0.2) is 0 Å². The molecule has 0 bridgehead atoms. The summed E-state index contributed by atoms with van der Waals surface area (Å²) >= 11 is 0. The number of rotatable bonds is 0. The van der Waals surface area contributed by atoms with E-state index in [2.05, 4.69) is 17.6 Å². The molecule has 0 unspecified atom stereocenters. The van der Waals surface area contributed by atoms with Gasteiger partial charge in [-0.3, -0.25) is 0 Å². The number of nitrogens with two attached hydrogens (primary N) is 1. The number of amides is 2. The maximum Gasteiger partial charge on any atom is 0.311 e. The standard InChI is InChI=1S/C3H6.C2H6N2O/c1-3-2;1-4-2(3)5/h3H,1H2,2H3;1H3,(H3,3,4,5). The molecule has 0 aliphatic carbocycles. The fourth-order valence-corrected chi connectivity index (χ4v) is 0. The second-order valence-electron chi connectivity index (χ2n) is 1.02. The molecule has 0 saturated carbocycles. The monoisotopic (exact) mass is 116 g/mol. The second kappa shape index (κ2) is 9.38. The minimum absolute atomic E-state index is 0.495. The molecule has 0 fully saturated rings. The third kappa shape index (κ3) is 79.0. The van der Waals surface area contributed by atoms with Gasteiger partial charge in [0, 0.05) is 7.05 Å². The molecule has 0 rings (SSSR count). The van der Waals surface area contributed by atoms with Gasteiger partial charge in [0.2, 0.25) is 0 Å². The smallest absolute Gasteiger partial charge is 0.311 e. The van der Waals surface area contributed by atoms with Crippen molar-refractivity contribution in [3.63, 3.8) is 0 Å². The molecule has 48 valence electrons. The summed E-state index contributed by atoms with van der Waals surface area (Å²) in [5.41, 5.74) is 4.54. The van der Waals surface area contributed by atoms with Gasteiger partial charge in [0.05, 0.1) is 0 Å². The van der Waals surface area contributed by atoms with E-state index in [1.54, 1.807) is 6.08 Å². The quantitative estimate of drug-likeness (QED) is 0.444. The van der Waals surface area contributed by atoms with E-state index in [1.165, 1.54) is 7.05 Å². The highest BCUT2D eigenvalue weighted by atomic mass is 16.2. The molecule has 0 aliphatic rings. The van der Waals surface area contributed by atoms with Crippen molar-refractivity contribution in [1.29, 1.82) is 0 Å². The molecule has 8 heavy (non-hydrogen) atoms. The lowest BCUT2D eigenvalue weighted by atomic mass is 10.8. The lowest BCUT2D eigenvalue weighted by Gasteiger charge is -1.80. The van der Waals surface area contributed by atoms with E-state index in [9.17, 15) is 4.79 Å². The molecule has 0 saturated heterocycles. The number of hydrogen-bond donors (Lipinski definition) is 2. The van der Waals surface area contributed by atoms with Crippen molar-refractivity contribution in [2.45, 2.75) is 6.92 Å². The molecule has 0 aromatic carbocycles. The molecule has 0 aromatic heterocycles. The highest BCUT2D eigenvalue weighted by molar-refractivity contribution is 5.71. The SMILES string of the molecule is C=CC.CNC(N)=O. The van der Waals surface area contributed by atoms with Gasteiger partial charge in [-0.2, -0.15) is 0 Å². The molecular weight excluding hydrogens is 104 g/mol. The average Bonchev–Trinajstić information content (AvgIpc) is 1.69. The number of hydrogen-bond acceptors (Lipinski definition) is 1. The predicted molar refractivity (Wildman–Crippen MR) is 34.5 cm³/mol. The number of primary amides is 1. The molecule has 0 aliphatic heterocycles. The van der Waals surface area contributed by atoms with E-state index < -0.39 is 6.03 Å². The third-order valence-electron chi connectivity index (χ3n) is 0.246. The van der Waals surface area contributed by atoms with Gasteiger partial charge >= 0.3 is 6.03 Å². The lowest BCUT2D eigenvalue weighted by molar-refractivity contribution is 0.251. The van der Waals surface area contributed by atoms with E-state index in [1.807, 2.05) is 6.92 Å². The Labute approximate surface area is 49.6 Å². The number of allylic oxidation sites excluding steroid dienone is 1. The molecule has 0 heterocycles. The number of urea groups is 1. The minimum Gasteiger partial charge on any atom is -0.352 e. The number of carbonyl (C=O) groups is 1. The van der Waals surface area contributed by atoms with E-state index in [4.69, 9.17) is 0 Å². The van der Waals surface area contributed by atoms with Gasteiger partial charge in [-0.25, -0.2) is 4.79 Å². The Balaban J connectivity index is 0. The maximum absolute atomic E-state index is 9.48. The average molecular weight is 116 g/mol. The lowest BCUT2D eigenvalue weighted by Crippen LogP contribution is -2.24. The van der Waals surface area contributed by atoms with Crippen LogP contribution in [0.25, 0.3) is 0 Å². The summed E-state index contributed by atoms with van der Waals surface area (Å²) < 4.78 is 0. The summed E-state index contributed by atoms with van der Waals surface area (Å²) in [6.07, 6.45) is 1.75. The van der Waals surface area contributed by atoms with Gasteiger partial charge in [-0.05, 0) is 6.92 Å². The van der Waals surface area contributed by atoms with Crippen molar-refractivity contribution in [3.05, 3.63) is 12.7 Å². The minimum atomic E-state index is -0.495. The van der Waals surface area contributed by atoms with Crippen LogP contribution in [0.4, 0.5) is 4.79 Å². The zero-order valence-electron chi connectivity index (χ0n) is 5.27. The number of carbonyl (C=O) groups excluding carboxylic acids is 1. The maximum atomic E-state index is 9.48. The summed E-state index contributed by atoms with van der Waals surface area (Å²) in [5.74, 6) is 0. The molecule has 3 nitrogen and oxygen atoms in total. The van der Waals surface area contributed by atoms with E-state index in [-0.39, 0.29) is 0 Å². The summed E-state index contributed by atoms with van der Waals surface area (Å²) in [5, 5.41) is 2.17. The van der Waals surface area contributed by atoms with Gasteiger partial charge in [0.1, 0.15) is 0 Å². The number of nitrogens with one attached hydrogen (secondary N) is 1. The van der Waals surface area contributed by atoms with Crippen LogP contribution in [-0.4, -0.2) is 13.1 Å². The molecule has 2 amide bonds. The molecule has 3 heteroatoms. The van der Waals surface area contributed by atoms with Crippen molar-refractivity contribution in [3.8, 4) is 0 Å². The molecule has 0 aromatic rings. The van der Waals surface area contributed by atoms with Crippen molar-refractivity contribution in [2.75, 3.05) is 7.05 Å². The first-order valence-corrected chi connectivity index (χ1v) is 2.23. The van der Waals surface area contributed by atoms with Crippen LogP contribution in [0.2, 0.25) is 0 Å². The van der Waals surface area contributed by atoms with Crippen molar-refractivity contribution in [2.24, 2.45) is 5.73 Å². The van der Waals surface area contributed by atoms with Crippen LogP contribution in [0.5, 0.6) is 0 Å². The van der Waals surface area contributed by atoms with Crippen LogP contribution in [0.15, 0.2) is 12.7 Å². The Morgan fingerprint density at radius 1 is 1.88 bits per heavy atom. The zero-order chi connectivity index (χ0) is 6.99. The van der Waals surface area contributed by atoms with Gasteiger partial charge in [0.25, 0.3) is 0 Å². The van der Waals surface area contributed by atoms with Crippen LogP contribution in [0, 0.1) is 0 Å². The highest BCUT2D eigenvalue weighted by Crippen LogP contribution is 1.38. The van der Waals surface area contributed by atoms with Crippen LogP contribution >= 0.6 is 0 Å².